The number of ether oxygens (including phenoxy) is 1. The van der Waals surface area contributed by atoms with Gasteiger partial charge in [-0.3, -0.25) is 0 Å². The smallest absolute Gasteiger partial charge is 0.287 e. The molecule has 1 aromatic heterocycles. The number of hydrogen-bond acceptors (Lipinski definition) is 2. The van der Waals surface area contributed by atoms with Gasteiger partial charge in [0.1, 0.15) is 0 Å². The Bertz CT molecular complexity index is 1070. The van der Waals surface area contributed by atoms with Crippen LogP contribution >= 0.6 is 0 Å². The summed E-state index contributed by atoms with van der Waals surface area (Å²) in [5.74, 6) is 1.12. The summed E-state index contributed by atoms with van der Waals surface area (Å²) in [6.45, 7) is 0. The summed E-state index contributed by atoms with van der Waals surface area (Å²) in [5, 5.41) is 5.39. The Hall–Kier alpha value is -2.74. The van der Waals surface area contributed by atoms with Gasteiger partial charge in [-0.05, 0) is 63.9 Å². The minimum atomic E-state index is 0.457. The molecule has 0 fully saturated rings. The van der Waals surface area contributed by atoms with E-state index in [-0.39, 0.29) is 0 Å². The number of methoxy groups -OCH3 is 1. The van der Waals surface area contributed by atoms with Crippen molar-refractivity contribution in [1.82, 2.24) is 0 Å². The van der Waals surface area contributed by atoms with Crippen molar-refractivity contribution in [1.29, 1.82) is 0 Å². The molecule has 1 atom stereocenters. The zero-order chi connectivity index (χ0) is 16.8. The fourth-order valence-corrected chi connectivity index (χ4v) is 4.39. The largest absolute Gasteiger partial charge is 0.468 e. The average Bonchev–Trinajstić information content (AvgIpc) is 3.16. The molecule has 1 aliphatic rings. The highest BCUT2D eigenvalue weighted by Gasteiger charge is 2.25. The van der Waals surface area contributed by atoms with Crippen LogP contribution in [0.2, 0.25) is 0 Å². The van der Waals surface area contributed by atoms with Crippen LogP contribution in [0.15, 0.2) is 65.3 Å². The molecule has 0 N–H and O–H groups in total. The fraction of sp³-hybridized carbons (Fsp3) is 0.217. The lowest BCUT2D eigenvalue weighted by Crippen LogP contribution is -2.13. The lowest BCUT2D eigenvalue weighted by molar-refractivity contribution is 0.297. The van der Waals surface area contributed by atoms with Crippen LogP contribution in [-0.2, 0) is 12.8 Å². The van der Waals surface area contributed by atoms with Crippen LogP contribution in [0.1, 0.15) is 29.0 Å². The van der Waals surface area contributed by atoms with Crippen molar-refractivity contribution in [3.05, 3.63) is 77.6 Å². The second-order valence-electron chi connectivity index (χ2n) is 6.89. The Morgan fingerprint density at radius 2 is 1.80 bits per heavy atom. The van der Waals surface area contributed by atoms with E-state index < -0.39 is 0 Å². The molecule has 124 valence electrons. The Morgan fingerprint density at radius 1 is 0.920 bits per heavy atom. The maximum Gasteiger partial charge on any atom is 0.287 e. The predicted molar refractivity (Wildman–Crippen MR) is 101 cm³/mol. The highest BCUT2D eigenvalue weighted by Crippen LogP contribution is 2.41. The molecule has 0 aliphatic heterocycles. The molecule has 0 amide bonds. The number of hydrogen-bond donors (Lipinski definition) is 0. The van der Waals surface area contributed by atoms with Gasteiger partial charge >= 0.3 is 0 Å². The Kier molecular flexibility index (Phi) is 3.30. The first-order valence-electron chi connectivity index (χ1n) is 8.89. The van der Waals surface area contributed by atoms with Gasteiger partial charge in [0.2, 0.25) is 0 Å². The summed E-state index contributed by atoms with van der Waals surface area (Å²) >= 11 is 0. The summed E-state index contributed by atoms with van der Waals surface area (Å²) < 4.78 is 10.9. The van der Waals surface area contributed by atoms with Crippen molar-refractivity contribution in [2.45, 2.75) is 25.2 Å². The minimum Gasteiger partial charge on any atom is -0.468 e. The van der Waals surface area contributed by atoms with Crippen molar-refractivity contribution < 1.29 is 9.15 Å². The molecule has 25 heavy (non-hydrogen) atoms. The molecule has 2 heteroatoms. The molecule has 2 nitrogen and oxygen atoms in total. The first-order chi connectivity index (χ1) is 12.3. The molecule has 1 aliphatic carbocycles. The van der Waals surface area contributed by atoms with Gasteiger partial charge in [-0.2, -0.15) is 0 Å². The molecule has 0 saturated carbocycles. The van der Waals surface area contributed by atoms with Crippen molar-refractivity contribution >= 4 is 21.5 Å². The minimum absolute atomic E-state index is 0.457. The number of benzene rings is 3. The highest BCUT2D eigenvalue weighted by molar-refractivity contribution is 6.08. The topological polar surface area (TPSA) is 22.4 Å². The van der Waals surface area contributed by atoms with Gasteiger partial charge in [0.25, 0.3) is 5.95 Å². The zero-order valence-corrected chi connectivity index (χ0v) is 14.3. The third-order valence-electron chi connectivity index (χ3n) is 5.63. The first-order valence-corrected chi connectivity index (χ1v) is 8.89. The van der Waals surface area contributed by atoms with Crippen LogP contribution in [0.3, 0.4) is 0 Å². The first kappa shape index (κ1) is 14.6. The second-order valence-corrected chi connectivity index (χ2v) is 6.89. The Labute approximate surface area is 147 Å². The van der Waals surface area contributed by atoms with Gasteiger partial charge in [0, 0.05) is 5.56 Å². The van der Waals surface area contributed by atoms with Crippen molar-refractivity contribution in [2.24, 2.45) is 0 Å². The van der Waals surface area contributed by atoms with E-state index in [1.807, 2.05) is 0 Å². The summed E-state index contributed by atoms with van der Waals surface area (Å²) in [5.41, 5.74) is 4.18. The molecule has 0 saturated heterocycles. The third-order valence-corrected chi connectivity index (χ3v) is 5.63. The summed E-state index contributed by atoms with van der Waals surface area (Å²) in [7, 11) is 1.68. The van der Waals surface area contributed by atoms with Crippen LogP contribution in [0, 0.1) is 0 Å². The van der Waals surface area contributed by atoms with E-state index in [9.17, 15) is 0 Å². The van der Waals surface area contributed by atoms with Gasteiger partial charge in [-0.15, -0.1) is 0 Å². The van der Waals surface area contributed by atoms with Crippen LogP contribution in [0.25, 0.3) is 21.5 Å². The summed E-state index contributed by atoms with van der Waals surface area (Å²) in [4.78, 5) is 0. The zero-order valence-electron chi connectivity index (χ0n) is 14.3. The molecular formula is C23H20O2. The molecule has 1 heterocycles. The lowest BCUT2D eigenvalue weighted by atomic mass is 9.78. The Balaban J connectivity index is 1.67. The second kappa shape index (κ2) is 5.66. The van der Waals surface area contributed by atoms with E-state index in [1.54, 1.807) is 13.4 Å². The molecule has 5 rings (SSSR count). The maximum absolute atomic E-state index is 5.48. The summed E-state index contributed by atoms with van der Waals surface area (Å²) in [6.07, 6.45) is 5.03. The van der Waals surface area contributed by atoms with Gasteiger partial charge in [-0.1, -0.05) is 48.5 Å². The predicted octanol–water partition coefficient (Wildman–Crippen LogP) is 5.87. The van der Waals surface area contributed by atoms with Crippen molar-refractivity contribution in [3.8, 4) is 5.95 Å². The monoisotopic (exact) mass is 328 g/mol. The van der Waals surface area contributed by atoms with E-state index in [0.717, 1.165) is 19.3 Å². The van der Waals surface area contributed by atoms with E-state index in [2.05, 4.69) is 54.6 Å². The third kappa shape index (κ3) is 2.25. The molecule has 0 bridgehead atoms. The lowest BCUT2D eigenvalue weighted by Gasteiger charge is -2.26. The number of aryl methyl sites for hydroxylation is 1. The molecule has 1 unspecified atom stereocenters. The quantitative estimate of drug-likeness (QED) is 0.430. The fourth-order valence-electron chi connectivity index (χ4n) is 4.39. The van der Waals surface area contributed by atoms with E-state index >= 15 is 0 Å². The van der Waals surface area contributed by atoms with Crippen LogP contribution in [0.5, 0.6) is 5.95 Å². The van der Waals surface area contributed by atoms with Gasteiger partial charge in [-0.25, -0.2) is 0 Å². The van der Waals surface area contributed by atoms with E-state index in [4.69, 9.17) is 9.15 Å². The molecule has 3 aromatic carbocycles. The van der Waals surface area contributed by atoms with Gasteiger partial charge in [0.05, 0.1) is 13.4 Å². The van der Waals surface area contributed by atoms with E-state index in [0.29, 0.717) is 11.9 Å². The number of rotatable bonds is 2. The van der Waals surface area contributed by atoms with E-state index in [1.165, 1.54) is 38.2 Å². The van der Waals surface area contributed by atoms with Crippen LogP contribution < -0.4 is 4.74 Å². The SMILES string of the molecule is COc1occc1C1CCc2ccc3c(ccc4ccccc43)c2C1. The summed E-state index contributed by atoms with van der Waals surface area (Å²) in [6, 6.07) is 19.9. The highest BCUT2D eigenvalue weighted by atomic mass is 16.6. The van der Waals surface area contributed by atoms with Crippen LogP contribution in [-0.4, -0.2) is 7.11 Å². The number of furan rings is 1. The standard InChI is InChI=1S/C23H20O2/c1-24-23-19(12-13-25-23)17-7-6-16-9-10-20-18-5-3-2-4-15(18)8-11-21(20)22(16)14-17/h2-5,8-13,17H,6-7,14H2,1H3. The van der Waals surface area contributed by atoms with Gasteiger partial charge < -0.3 is 9.15 Å². The van der Waals surface area contributed by atoms with Gasteiger partial charge in [0.15, 0.2) is 0 Å². The molecule has 0 spiro atoms. The average molecular weight is 328 g/mol. The number of fused-ring (bicyclic) bond motifs is 5. The molecular weight excluding hydrogens is 308 g/mol. The Morgan fingerprint density at radius 3 is 2.72 bits per heavy atom. The van der Waals surface area contributed by atoms with Crippen molar-refractivity contribution in [2.75, 3.05) is 7.11 Å². The normalized spacial score (nSPS) is 16.9. The van der Waals surface area contributed by atoms with Crippen LogP contribution in [0.4, 0.5) is 0 Å². The molecule has 4 aromatic rings. The van der Waals surface area contributed by atoms with Crippen molar-refractivity contribution in [3.63, 3.8) is 0 Å². The maximum atomic E-state index is 5.48. The molecule has 0 radical (unpaired) electrons.